The first-order valence-electron chi connectivity index (χ1n) is 8.38. The minimum atomic E-state index is -0.101. The highest BCUT2D eigenvalue weighted by Gasteiger charge is 2.18. The molecule has 0 spiro atoms. The van der Waals surface area contributed by atoms with Crippen LogP contribution in [0.2, 0.25) is 0 Å². The van der Waals surface area contributed by atoms with E-state index in [0.717, 1.165) is 22.6 Å². The van der Waals surface area contributed by atoms with Gasteiger partial charge in [0.25, 0.3) is 0 Å². The van der Waals surface area contributed by atoms with E-state index in [4.69, 9.17) is 9.47 Å². The third-order valence-corrected chi connectivity index (χ3v) is 4.14. The number of amides is 1. The smallest absolute Gasteiger partial charge is 0.246 e. The van der Waals surface area contributed by atoms with Crippen molar-refractivity contribution in [1.82, 2.24) is 4.90 Å². The van der Waals surface area contributed by atoms with Gasteiger partial charge >= 0.3 is 0 Å². The van der Waals surface area contributed by atoms with Crippen molar-refractivity contribution in [2.45, 2.75) is 19.9 Å². The van der Waals surface area contributed by atoms with E-state index in [9.17, 15) is 4.79 Å². The van der Waals surface area contributed by atoms with E-state index in [1.807, 2.05) is 62.4 Å². The predicted octanol–water partition coefficient (Wildman–Crippen LogP) is 4.33. The van der Waals surface area contributed by atoms with Crippen LogP contribution in [0.3, 0.4) is 0 Å². The van der Waals surface area contributed by atoms with E-state index >= 15 is 0 Å². The van der Waals surface area contributed by atoms with Crippen LogP contribution >= 0.6 is 0 Å². The molecule has 0 saturated carbocycles. The van der Waals surface area contributed by atoms with Crippen LogP contribution in [0, 0.1) is 0 Å². The second kappa shape index (κ2) is 8.92. The summed E-state index contributed by atoms with van der Waals surface area (Å²) in [6, 6.07) is 15.3. The zero-order valence-electron chi connectivity index (χ0n) is 15.2. The monoisotopic (exact) mass is 339 g/mol. The van der Waals surface area contributed by atoms with Crippen LogP contribution in [0.15, 0.2) is 54.6 Å². The number of hydrogen-bond acceptors (Lipinski definition) is 3. The lowest BCUT2D eigenvalue weighted by Crippen LogP contribution is -2.28. The Morgan fingerprint density at radius 3 is 2.44 bits per heavy atom. The summed E-state index contributed by atoms with van der Waals surface area (Å²) >= 11 is 0. The van der Waals surface area contributed by atoms with Crippen molar-refractivity contribution >= 4 is 12.0 Å². The average Bonchev–Trinajstić information content (AvgIpc) is 2.66. The third kappa shape index (κ3) is 4.63. The second-order valence-electron chi connectivity index (χ2n) is 5.67. The molecule has 0 heterocycles. The summed E-state index contributed by atoms with van der Waals surface area (Å²) in [4.78, 5) is 14.2. The van der Waals surface area contributed by atoms with E-state index in [1.54, 1.807) is 31.2 Å². The molecule has 2 aromatic carbocycles. The van der Waals surface area contributed by atoms with Gasteiger partial charge in [-0.05, 0) is 32.1 Å². The Balaban J connectivity index is 2.15. The predicted molar refractivity (Wildman–Crippen MR) is 101 cm³/mol. The topological polar surface area (TPSA) is 38.8 Å². The van der Waals surface area contributed by atoms with Crippen LogP contribution in [0.4, 0.5) is 0 Å². The van der Waals surface area contributed by atoms with Crippen LogP contribution in [0.1, 0.15) is 31.0 Å². The highest BCUT2D eigenvalue weighted by atomic mass is 16.5. The first-order valence-corrected chi connectivity index (χ1v) is 8.38. The van der Waals surface area contributed by atoms with E-state index in [-0.39, 0.29) is 11.9 Å². The number of ether oxygens (including phenoxy) is 2. The van der Waals surface area contributed by atoms with Crippen molar-refractivity contribution in [2.75, 3.05) is 20.8 Å². The number of nitrogens with zero attached hydrogens (tertiary/aromatic N) is 1. The van der Waals surface area contributed by atoms with Crippen LogP contribution in [-0.2, 0) is 4.79 Å². The molecule has 0 aliphatic carbocycles. The van der Waals surface area contributed by atoms with Gasteiger partial charge in [0.05, 0.1) is 19.8 Å². The number of methoxy groups -OCH3 is 1. The molecule has 25 heavy (non-hydrogen) atoms. The Labute approximate surface area is 149 Å². The quantitative estimate of drug-likeness (QED) is 0.705. The molecule has 0 saturated heterocycles. The van der Waals surface area contributed by atoms with Crippen LogP contribution in [-0.4, -0.2) is 31.6 Å². The molecule has 132 valence electrons. The molecule has 1 atom stereocenters. The molecule has 4 nitrogen and oxygen atoms in total. The summed E-state index contributed by atoms with van der Waals surface area (Å²) in [7, 11) is 3.43. The van der Waals surface area contributed by atoms with Crippen molar-refractivity contribution in [1.29, 1.82) is 0 Å². The Hall–Kier alpha value is -2.75. The summed E-state index contributed by atoms with van der Waals surface area (Å²) in [5, 5.41) is 0. The lowest BCUT2D eigenvalue weighted by atomic mass is 10.1. The van der Waals surface area contributed by atoms with Gasteiger partial charge in [-0.15, -0.1) is 0 Å². The number of para-hydroxylation sites is 2. The maximum absolute atomic E-state index is 12.6. The van der Waals surface area contributed by atoms with Gasteiger partial charge in [0.1, 0.15) is 11.5 Å². The molecule has 0 unspecified atom stereocenters. The highest BCUT2D eigenvalue weighted by Crippen LogP contribution is 2.28. The summed E-state index contributed by atoms with van der Waals surface area (Å²) in [6.07, 6.45) is 3.36. The van der Waals surface area contributed by atoms with Crippen molar-refractivity contribution in [3.8, 4) is 11.5 Å². The first-order chi connectivity index (χ1) is 12.1. The summed E-state index contributed by atoms with van der Waals surface area (Å²) in [5.41, 5.74) is 1.86. The van der Waals surface area contributed by atoms with Crippen molar-refractivity contribution < 1.29 is 14.3 Å². The average molecular weight is 339 g/mol. The number of benzene rings is 2. The lowest BCUT2D eigenvalue weighted by Gasteiger charge is -2.25. The maximum Gasteiger partial charge on any atom is 0.246 e. The van der Waals surface area contributed by atoms with Crippen LogP contribution < -0.4 is 9.47 Å². The molecule has 0 bridgehead atoms. The van der Waals surface area contributed by atoms with E-state index in [0.29, 0.717) is 6.61 Å². The fourth-order valence-corrected chi connectivity index (χ4v) is 2.59. The Bertz CT molecular complexity index is 739. The van der Waals surface area contributed by atoms with Gasteiger partial charge in [0.15, 0.2) is 0 Å². The molecule has 2 rings (SSSR count). The van der Waals surface area contributed by atoms with Crippen LogP contribution in [0.5, 0.6) is 11.5 Å². The molecule has 1 amide bonds. The van der Waals surface area contributed by atoms with Gasteiger partial charge in [0, 0.05) is 24.3 Å². The van der Waals surface area contributed by atoms with Crippen molar-refractivity contribution in [3.63, 3.8) is 0 Å². The van der Waals surface area contributed by atoms with Gasteiger partial charge in [0.2, 0.25) is 5.91 Å². The fraction of sp³-hybridized carbons (Fsp3) is 0.286. The Kier molecular flexibility index (Phi) is 6.63. The first kappa shape index (κ1) is 18.6. The molecule has 0 N–H and O–H groups in total. The zero-order chi connectivity index (χ0) is 18.2. The Morgan fingerprint density at radius 1 is 1.12 bits per heavy atom. The molecule has 4 heteroatoms. The SMILES string of the molecule is CCOc1ccccc1/C=C/C(=O)N(C)[C@@H](C)c1ccccc1OC. The molecule has 0 fully saturated rings. The molecule has 0 aliphatic rings. The summed E-state index contributed by atoms with van der Waals surface area (Å²) in [5.74, 6) is 1.47. The van der Waals surface area contributed by atoms with Gasteiger partial charge in [-0.2, -0.15) is 0 Å². The molecule has 0 aromatic heterocycles. The van der Waals surface area contributed by atoms with Gasteiger partial charge < -0.3 is 14.4 Å². The van der Waals surface area contributed by atoms with Gasteiger partial charge in [-0.25, -0.2) is 0 Å². The summed E-state index contributed by atoms with van der Waals surface area (Å²) in [6.45, 7) is 4.51. The second-order valence-corrected chi connectivity index (χ2v) is 5.67. The maximum atomic E-state index is 12.6. The van der Waals surface area contributed by atoms with E-state index in [1.165, 1.54) is 0 Å². The Morgan fingerprint density at radius 2 is 1.76 bits per heavy atom. The normalized spacial score (nSPS) is 12.0. The minimum absolute atomic E-state index is 0.0790. The van der Waals surface area contributed by atoms with Gasteiger partial charge in [-0.3, -0.25) is 4.79 Å². The number of rotatable bonds is 7. The largest absolute Gasteiger partial charge is 0.496 e. The molecule has 0 aliphatic heterocycles. The number of hydrogen-bond donors (Lipinski definition) is 0. The van der Waals surface area contributed by atoms with E-state index in [2.05, 4.69) is 0 Å². The van der Waals surface area contributed by atoms with Crippen molar-refractivity contribution in [3.05, 3.63) is 65.7 Å². The fourth-order valence-electron chi connectivity index (χ4n) is 2.59. The zero-order valence-corrected chi connectivity index (χ0v) is 15.2. The molecular formula is C21H25NO3. The van der Waals surface area contributed by atoms with Gasteiger partial charge in [-0.1, -0.05) is 36.4 Å². The molecule has 0 radical (unpaired) electrons. The molecule has 2 aromatic rings. The molecular weight excluding hydrogens is 314 g/mol. The van der Waals surface area contributed by atoms with E-state index < -0.39 is 0 Å². The standard InChI is InChI=1S/C21H25NO3/c1-5-25-19-12-8-6-10-17(19)14-15-21(23)22(3)16(2)18-11-7-9-13-20(18)24-4/h6-16H,5H2,1-4H3/b15-14+/t16-/m0/s1. The minimum Gasteiger partial charge on any atom is -0.496 e. The number of likely N-dealkylation sites (N-methyl/N-ethyl adjacent to an activating group) is 1. The lowest BCUT2D eigenvalue weighted by molar-refractivity contribution is -0.126. The van der Waals surface area contributed by atoms with Crippen LogP contribution in [0.25, 0.3) is 6.08 Å². The number of carbonyl (C=O) groups excluding carboxylic acids is 1. The summed E-state index contributed by atoms with van der Waals surface area (Å²) < 4.78 is 11.0. The number of carbonyl (C=O) groups is 1. The van der Waals surface area contributed by atoms with Crippen molar-refractivity contribution in [2.24, 2.45) is 0 Å². The highest BCUT2D eigenvalue weighted by molar-refractivity contribution is 5.92. The third-order valence-electron chi connectivity index (χ3n) is 4.14.